The summed E-state index contributed by atoms with van der Waals surface area (Å²) in [6.45, 7) is 6.38. The molecule has 2 heterocycles. The van der Waals surface area contributed by atoms with Gasteiger partial charge in [0.1, 0.15) is 0 Å². The molecular weight excluding hydrogens is 236 g/mol. The summed E-state index contributed by atoms with van der Waals surface area (Å²) < 4.78 is 0. The van der Waals surface area contributed by atoms with Crippen LogP contribution in [0, 0.1) is 5.92 Å². The first-order valence-electron chi connectivity index (χ1n) is 5.99. The molecule has 4 nitrogen and oxygen atoms in total. The summed E-state index contributed by atoms with van der Waals surface area (Å²) in [6, 6.07) is 0.554. The summed E-state index contributed by atoms with van der Waals surface area (Å²) in [6.07, 6.45) is 2.51. The molecule has 0 aromatic carbocycles. The quantitative estimate of drug-likeness (QED) is 0.900. The molecule has 0 aliphatic carbocycles. The molecule has 1 aromatic heterocycles. The number of aromatic nitrogens is 1. The molecule has 0 spiro atoms. The van der Waals surface area contributed by atoms with Crippen LogP contribution in [-0.2, 0) is 6.54 Å². The van der Waals surface area contributed by atoms with E-state index in [1.165, 1.54) is 24.2 Å². The lowest BCUT2D eigenvalue weighted by Crippen LogP contribution is -2.41. The van der Waals surface area contributed by atoms with Gasteiger partial charge in [-0.05, 0) is 32.2 Å². The second kappa shape index (κ2) is 5.14. The minimum atomic E-state index is -0.929. The second-order valence-corrected chi connectivity index (χ2v) is 5.64. The second-order valence-electron chi connectivity index (χ2n) is 4.78. The van der Waals surface area contributed by atoms with Gasteiger partial charge in [0.05, 0.1) is 5.69 Å². The number of piperidine rings is 1. The first-order chi connectivity index (χ1) is 8.08. The maximum Gasteiger partial charge on any atom is 0.365 e. The number of aromatic carboxylic acids is 1. The monoisotopic (exact) mass is 254 g/mol. The normalized spacial score (nSPS) is 26.0. The van der Waals surface area contributed by atoms with Gasteiger partial charge in [-0.3, -0.25) is 4.90 Å². The van der Waals surface area contributed by atoms with Crippen molar-refractivity contribution in [3.8, 4) is 0 Å². The van der Waals surface area contributed by atoms with Crippen LogP contribution in [-0.4, -0.2) is 33.5 Å². The van der Waals surface area contributed by atoms with Crippen LogP contribution in [0.3, 0.4) is 0 Å². The van der Waals surface area contributed by atoms with E-state index in [1.54, 1.807) is 0 Å². The zero-order valence-electron chi connectivity index (χ0n) is 10.2. The van der Waals surface area contributed by atoms with E-state index in [-0.39, 0.29) is 5.01 Å². The van der Waals surface area contributed by atoms with E-state index < -0.39 is 5.97 Å². The fourth-order valence-corrected chi connectivity index (χ4v) is 2.98. The summed E-state index contributed by atoms with van der Waals surface area (Å²) >= 11 is 1.21. The summed E-state index contributed by atoms with van der Waals surface area (Å²) in [5, 5.41) is 10.9. The van der Waals surface area contributed by atoms with Gasteiger partial charge in [-0.15, -0.1) is 11.3 Å². The lowest BCUT2D eigenvalue weighted by atomic mass is 9.92. The van der Waals surface area contributed by atoms with Crippen molar-refractivity contribution in [2.75, 3.05) is 6.54 Å². The van der Waals surface area contributed by atoms with Gasteiger partial charge in [-0.1, -0.05) is 6.92 Å². The third-order valence-corrected chi connectivity index (χ3v) is 4.48. The molecule has 0 radical (unpaired) electrons. The minimum Gasteiger partial charge on any atom is -0.476 e. The van der Waals surface area contributed by atoms with Gasteiger partial charge < -0.3 is 5.11 Å². The summed E-state index contributed by atoms with van der Waals surface area (Å²) in [7, 11) is 0. The first kappa shape index (κ1) is 12.5. The molecule has 2 unspecified atom stereocenters. The van der Waals surface area contributed by atoms with E-state index in [0.29, 0.717) is 12.0 Å². The third kappa shape index (κ3) is 2.84. The van der Waals surface area contributed by atoms with Gasteiger partial charge in [0.25, 0.3) is 0 Å². The number of thiazole rings is 1. The fraction of sp³-hybridized carbons (Fsp3) is 0.667. The smallest absolute Gasteiger partial charge is 0.365 e. The summed E-state index contributed by atoms with van der Waals surface area (Å²) in [4.78, 5) is 17.3. The average molecular weight is 254 g/mol. The third-order valence-electron chi connectivity index (χ3n) is 3.60. The molecule has 0 bridgehead atoms. The molecule has 17 heavy (non-hydrogen) atoms. The van der Waals surface area contributed by atoms with Crippen LogP contribution in [0.2, 0.25) is 0 Å². The molecule has 94 valence electrons. The van der Waals surface area contributed by atoms with Crippen molar-refractivity contribution in [3.63, 3.8) is 0 Å². The number of nitrogens with zero attached hydrogens (tertiary/aromatic N) is 2. The van der Waals surface area contributed by atoms with E-state index in [9.17, 15) is 4.79 Å². The zero-order chi connectivity index (χ0) is 12.4. The predicted molar refractivity (Wildman–Crippen MR) is 67.3 cm³/mol. The highest BCUT2D eigenvalue weighted by atomic mass is 32.1. The SMILES string of the molecule is CC1CCCN(Cc2csc(C(=O)O)n2)C1C. The Morgan fingerprint density at radius 3 is 3.06 bits per heavy atom. The number of hydrogen-bond donors (Lipinski definition) is 1. The molecule has 2 atom stereocenters. The van der Waals surface area contributed by atoms with Crippen LogP contribution in [0.5, 0.6) is 0 Å². The highest BCUT2D eigenvalue weighted by Gasteiger charge is 2.25. The molecule has 0 amide bonds. The first-order valence-corrected chi connectivity index (χ1v) is 6.87. The van der Waals surface area contributed by atoms with Crippen molar-refractivity contribution in [3.05, 3.63) is 16.1 Å². The maximum atomic E-state index is 10.8. The lowest BCUT2D eigenvalue weighted by molar-refractivity contribution is 0.0695. The van der Waals surface area contributed by atoms with E-state index in [1.807, 2.05) is 5.38 Å². The molecule has 1 saturated heterocycles. The van der Waals surface area contributed by atoms with Gasteiger partial charge in [0.2, 0.25) is 5.01 Å². The van der Waals surface area contributed by atoms with Crippen molar-refractivity contribution in [1.29, 1.82) is 0 Å². The lowest BCUT2D eigenvalue weighted by Gasteiger charge is -2.37. The van der Waals surface area contributed by atoms with Crippen molar-refractivity contribution < 1.29 is 9.90 Å². The van der Waals surface area contributed by atoms with Crippen LogP contribution >= 0.6 is 11.3 Å². The maximum absolute atomic E-state index is 10.8. The molecular formula is C12H18N2O2S. The number of carbonyl (C=O) groups is 1. The fourth-order valence-electron chi connectivity index (χ4n) is 2.33. The van der Waals surface area contributed by atoms with E-state index in [4.69, 9.17) is 5.11 Å². The van der Waals surface area contributed by atoms with Gasteiger partial charge in [0, 0.05) is 18.0 Å². The van der Waals surface area contributed by atoms with E-state index in [2.05, 4.69) is 23.7 Å². The minimum absolute atomic E-state index is 0.192. The Hall–Kier alpha value is -0.940. The van der Waals surface area contributed by atoms with Crippen molar-refractivity contribution >= 4 is 17.3 Å². The average Bonchev–Trinajstić information content (AvgIpc) is 2.73. The topological polar surface area (TPSA) is 53.4 Å². The molecule has 0 saturated carbocycles. The molecule has 1 N–H and O–H groups in total. The van der Waals surface area contributed by atoms with Gasteiger partial charge >= 0.3 is 5.97 Å². The molecule has 1 fully saturated rings. The van der Waals surface area contributed by atoms with Crippen LogP contribution in [0.25, 0.3) is 0 Å². The Kier molecular flexibility index (Phi) is 3.79. The summed E-state index contributed by atoms with van der Waals surface area (Å²) in [5.41, 5.74) is 0.883. The number of hydrogen-bond acceptors (Lipinski definition) is 4. The van der Waals surface area contributed by atoms with E-state index in [0.717, 1.165) is 18.8 Å². The Morgan fingerprint density at radius 1 is 1.65 bits per heavy atom. The zero-order valence-corrected chi connectivity index (χ0v) is 11.0. The Balaban J connectivity index is 2.01. The highest BCUT2D eigenvalue weighted by molar-refractivity contribution is 7.11. The Labute approximate surface area is 105 Å². The predicted octanol–water partition coefficient (Wildman–Crippen LogP) is 2.46. The number of likely N-dealkylation sites (tertiary alicyclic amines) is 1. The van der Waals surface area contributed by atoms with Crippen LogP contribution in [0.1, 0.15) is 42.2 Å². The van der Waals surface area contributed by atoms with Crippen molar-refractivity contribution in [1.82, 2.24) is 9.88 Å². The highest BCUT2D eigenvalue weighted by Crippen LogP contribution is 2.24. The molecule has 1 aromatic rings. The van der Waals surface area contributed by atoms with Gasteiger partial charge in [0.15, 0.2) is 0 Å². The standard InChI is InChI=1S/C12H18N2O2S/c1-8-4-3-5-14(9(8)2)6-10-7-17-11(13-10)12(15)16/h7-9H,3-6H2,1-2H3,(H,15,16). The number of carboxylic acid groups (broad SMARTS) is 1. The van der Waals surface area contributed by atoms with Crippen LogP contribution in [0.4, 0.5) is 0 Å². The van der Waals surface area contributed by atoms with Gasteiger partial charge in [-0.25, -0.2) is 9.78 Å². The largest absolute Gasteiger partial charge is 0.476 e. The number of carboxylic acids is 1. The molecule has 1 aliphatic heterocycles. The molecule has 5 heteroatoms. The number of rotatable bonds is 3. The van der Waals surface area contributed by atoms with Crippen LogP contribution < -0.4 is 0 Å². The van der Waals surface area contributed by atoms with Crippen LogP contribution in [0.15, 0.2) is 5.38 Å². The summed E-state index contributed by atoms with van der Waals surface area (Å²) in [5.74, 6) is -0.220. The molecule has 1 aliphatic rings. The van der Waals surface area contributed by atoms with Gasteiger partial charge in [-0.2, -0.15) is 0 Å². The molecule has 2 rings (SSSR count). The van der Waals surface area contributed by atoms with Crippen molar-refractivity contribution in [2.24, 2.45) is 5.92 Å². The Bertz CT molecular complexity index is 405. The van der Waals surface area contributed by atoms with Crippen molar-refractivity contribution in [2.45, 2.75) is 39.3 Å². The Morgan fingerprint density at radius 2 is 2.41 bits per heavy atom. The van der Waals surface area contributed by atoms with E-state index >= 15 is 0 Å².